The summed E-state index contributed by atoms with van der Waals surface area (Å²) in [6.07, 6.45) is -4.69. The summed E-state index contributed by atoms with van der Waals surface area (Å²) in [5.74, 6) is 0. The average molecular weight is 140 g/mol. The maximum absolute atomic E-state index is 10.4. The summed E-state index contributed by atoms with van der Waals surface area (Å²) in [6.45, 7) is 0. The molecule has 6 heteroatoms. The summed E-state index contributed by atoms with van der Waals surface area (Å²) in [5.41, 5.74) is 0. The molecule has 0 fully saturated rings. The molecule has 0 aliphatic heterocycles. The number of hydrogen-bond acceptors (Lipinski definition) is 1. The van der Waals surface area contributed by atoms with Crippen molar-refractivity contribution < 1.29 is 22.2 Å². The Morgan fingerprint density at radius 2 is 1.43 bits per heavy atom. The molecule has 0 amide bonds. The molecule has 46 valence electrons. The predicted octanol–water partition coefficient (Wildman–Crippen LogP) is 1.83. The van der Waals surface area contributed by atoms with Gasteiger partial charge in [-0.3, -0.25) is 4.70 Å². The summed E-state index contributed by atoms with van der Waals surface area (Å²) in [7, 11) is 0. The van der Waals surface area contributed by atoms with E-state index in [1.54, 1.807) is 0 Å². The van der Waals surface area contributed by atoms with Gasteiger partial charge in [0.05, 0.1) is 11.9 Å². The van der Waals surface area contributed by atoms with Gasteiger partial charge in [-0.15, -0.1) is 13.2 Å². The smallest absolute Gasteiger partial charge is 0.269 e. The number of rotatable bonds is 0. The summed E-state index contributed by atoms with van der Waals surface area (Å²) in [4.78, 5) is 0. The highest BCUT2D eigenvalue weighted by Gasteiger charge is 2.28. The fourth-order valence-corrected chi connectivity index (χ4v) is 0. The van der Waals surface area contributed by atoms with Crippen molar-refractivity contribution in [1.82, 2.24) is 0 Å². The molecule has 0 unspecified atom stereocenters. The van der Waals surface area contributed by atoms with Gasteiger partial charge in [0.1, 0.15) is 0 Å². The maximum Gasteiger partial charge on any atom is 0.538 e. The molecule has 0 atom stereocenters. The number of hydrogen-bond donors (Lipinski definition) is 0. The molecule has 7 heavy (non-hydrogen) atoms. The molecule has 0 aromatic heterocycles. The van der Waals surface area contributed by atoms with Gasteiger partial charge in [0.2, 0.25) is 0 Å². The molecule has 0 rings (SSSR count). The van der Waals surface area contributed by atoms with Crippen LogP contribution in [0.2, 0.25) is 0 Å². The first kappa shape index (κ1) is 10.1. The van der Waals surface area contributed by atoms with Crippen molar-refractivity contribution in [3.63, 3.8) is 0 Å². The van der Waals surface area contributed by atoms with E-state index in [1.807, 2.05) is 0 Å². The van der Waals surface area contributed by atoms with E-state index < -0.39 is 6.36 Å². The second-order valence-corrected chi connectivity index (χ2v) is 0.677. The van der Waals surface area contributed by atoms with Crippen LogP contribution in [0.1, 0.15) is 0 Å². The first-order chi connectivity index (χ1) is 2.56. The average Bonchev–Trinajstić information content (AvgIpc) is 1.35. The van der Waals surface area contributed by atoms with E-state index in [4.69, 9.17) is 0 Å². The van der Waals surface area contributed by atoms with Crippen molar-refractivity contribution in [2.24, 2.45) is 0 Å². The van der Waals surface area contributed by atoms with E-state index in [9.17, 15) is 13.2 Å². The molecule has 0 radical (unpaired) electrons. The van der Waals surface area contributed by atoms with E-state index in [-0.39, 0.29) is 4.70 Å². The van der Waals surface area contributed by atoms with Crippen LogP contribution in [0.15, 0.2) is 0 Å². The fraction of sp³-hybridized carbons (Fsp3) is 1.00. The van der Waals surface area contributed by atoms with Gasteiger partial charge < -0.3 is 0 Å². The number of alkyl halides is 3. The minimum atomic E-state index is -4.69. The van der Waals surface area contributed by atoms with Crippen LogP contribution in [-0.2, 0) is 4.29 Å². The standard InChI is InChI=1S/CClF3O.FH/c2-6-1(3,4)5;/h;1H. The third kappa shape index (κ3) is 10.7. The SMILES string of the molecule is F.FC(F)(F)OCl. The summed E-state index contributed by atoms with van der Waals surface area (Å²) >= 11 is 3.85. The predicted molar refractivity (Wildman–Crippen MR) is 15.5 cm³/mol. The Labute approximate surface area is 41.6 Å². The van der Waals surface area contributed by atoms with Crippen LogP contribution in [-0.4, -0.2) is 6.36 Å². The Morgan fingerprint density at radius 3 is 1.43 bits per heavy atom. The second kappa shape index (κ2) is 3.04. The van der Waals surface area contributed by atoms with Gasteiger partial charge in [-0.05, 0) is 0 Å². The van der Waals surface area contributed by atoms with Crippen molar-refractivity contribution in [1.29, 1.82) is 0 Å². The minimum Gasteiger partial charge on any atom is -0.269 e. The van der Waals surface area contributed by atoms with Crippen LogP contribution in [0, 0.1) is 0 Å². The Balaban J connectivity index is 0. The highest BCUT2D eigenvalue weighted by atomic mass is 35.5. The lowest BCUT2D eigenvalue weighted by atomic mass is 11.4. The van der Waals surface area contributed by atoms with E-state index in [0.29, 0.717) is 0 Å². The normalized spacial score (nSPS) is 10.3. The van der Waals surface area contributed by atoms with Crippen LogP contribution < -0.4 is 0 Å². The Kier molecular flexibility index (Phi) is 4.36. The van der Waals surface area contributed by atoms with Crippen molar-refractivity contribution in [3.8, 4) is 0 Å². The van der Waals surface area contributed by atoms with Crippen molar-refractivity contribution in [3.05, 3.63) is 0 Å². The lowest BCUT2D eigenvalue weighted by molar-refractivity contribution is -0.273. The molecular formula is CHClF4O. The molecule has 0 saturated carbocycles. The molecule has 0 aromatic rings. The summed E-state index contributed by atoms with van der Waals surface area (Å²) in [5, 5.41) is 0. The molecular weight excluding hydrogens is 139 g/mol. The van der Waals surface area contributed by atoms with Crippen LogP contribution in [0.25, 0.3) is 0 Å². The third-order valence-electron chi connectivity index (χ3n) is 0.0875. The molecule has 0 saturated heterocycles. The lowest BCUT2D eigenvalue weighted by Crippen LogP contribution is -2.04. The molecule has 1 nitrogen and oxygen atoms in total. The van der Waals surface area contributed by atoms with Gasteiger partial charge in [0.25, 0.3) is 0 Å². The van der Waals surface area contributed by atoms with Crippen molar-refractivity contribution >= 4 is 11.9 Å². The molecule has 0 N–H and O–H groups in total. The van der Waals surface area contributed by atoms with Crippen LogP contribution in [0.3, 0.4) is 0 Å². The zero-order chi connectivity index (χ0) is 5.21. The quantitative estimate of drug-likeness (QED) is 0.467. The Hall–Kier alpha value is -0.0300. The third-order valence-corrected chi connectivity index (χ3v) is 0.262. The fourth-order valence-electron chi connectivity index (χ4n) is 0. The van der Waals surface area contributed by atoms with Gasteiger partial charge in [-0.1, -0.05) is 0 Å². The van der Waals surface area contributed by atoms with Crippen molar-refractivity contribution in [2.75, 3.05) is 0 Å². The van der Waals surface area contributed by atoms with Gasteiger partial charge >= 0.3 is 6.36 Å². The monoisotopic (exact) mass is 140 g/mol. The second-order valence-electron chi connectivity index (χ2n) is 0.523. The summed E-state index contributed by atoms with van der Waals surface area (Å²) in [6, 6.07) is 0. The first-order valence-electron chi connectivity index (χ1n) is 0.925. The molecule has 0 heterocycles. The molecule has 0 aliphatic rings. The van der Waals surface area contributed by atoms with Crippen LogP contribution >= 0.6 is 11.9 Å². The van der Waals surface area contributed by atoms with Gasteiger partial charge in [0.15, 0.2) is 0 Å². The maximum atomic E-state index is 10.4. The van der Waals surface area contributed by atoms with E-state index in [0.717, 1.165) is 0 Å². The minimum absolute atomic E-state index is 0. The molecule has 0 aromatic carbocycles. The number of halogens is 5. The van der Waals surface area contributed by atoms with E-state index in [2.05, 4.69) is 16.2 Å². The Bertz CT molecular complexity index is 41.4. The largest absolute Gasteiger partial charge is 0.538 e. The van der Waals surface area contributed by atoms with Gasteiger partial charge in [-0.2, -0.15) is 4.29 Å². The molecule has 0 bridgehead atoms. The van der Waals surface area contributed by atoms with Crippen LogP contribution in [0.4, 0.5) is 17.9 Å². The highest BCUT2D eigenvalue weighted by molar-refractivity contribution is 6.07. The first-order valence-corrected chi connectivity index (χ1v) is 1.23. The van der Waals surface area contributed by atoms with Crippen LogP contribution in [0.5, 0.6) is 0 Å². The molecule has 0 spiro atoms. The van der Waals surface area contributed by atoms with E-state index >= 15 is 0 Å². The lowest BCUT2D eigenvalue weighted by Gasteiger charge is -1.93. The zero-order valence-electron chi connectivity index (χ0n) is 2.83. The summed E-state index contributed by atoms with van der Waals surface area (Å²) < 4.78 is 33.7. The van der Waals surface area contributed by atoms with Crippen molar-refractivity contribution in [2.45, 2.75) is 6.36 Å². The Morgan fingerprint density at radius 1 is 1.29 bits per heavy atom. The highest BCUT2D eigenvalue weighted by Crippen LogP contribution is 2.16. The van der Waals surface area contributed by atoms with Gasteiger partial charge in [0, 0.05) is 0 Å². The van der Waals surface area contributed by atoms with Gasteiger partial charge in [-0.25, -0.2) is 0 Å². The zero-order valence-corrected chi connectivity index (χ0v) is 3.58. The molecule has 0 aliphatic carbocycles. The van der Waals surface area contributed by atoms with E-state index in [1.165, 1.54) is 0 Å². The topological polar surface area (TPSA) is 9.23 Å².